The fourth-order valence-corrected chi connectivity index (χ4v) is 5.31. The van der Waals surface area contributed by atoms with Crippen molar-refractivity contribution in [3.8, 4) is 0 Å². The third-order valence-electron chi connectivity index (χ3n) is 6.89. The molecular formula is C26H31F2N5O2. The Morgan fingerprint density at radius 2 is 1.94 bits per heavy atom. The van der Waals surface area contributed by atoms with Crippen molar-refractivity contribution in [3.05, 3.63) is 65.0 Å². The molecule has 0 radical (unpaired) electrons. The van der Waals surface area contributed by atoms with Crippen molar-refractivity contribution in [3.63, 3.8) is 0 Å². The number of halogens is 2. The summed E-state index contributed by atoms with van der Waals surface area (Å²) < 4.78 is 34.1. The van der Waals surface area contributed by atoms with Crippen LogP contribution in [0.25, 0.3) is 0 Å². The first-order valence-electron chi connectivity index (χ1n) is 12.2. The highest BCUT2D eigenvalue weighted by molar-refractivity contribution is 5.85. The molecule has 4 aliphatic rings. The molecule has 1 aromatic heterocycles. The van der Waals surface area contributed by atoms with Crippen molar-refractivity contribution in [2.75, 3.05) is 0 Å². The molecule has 2 aliphatic carbocycles. The van der Waals surface area contributed by atoms with Gasteiger partial charge in [0.1, 0.15) is 29.4 Å². The van der Waals surface area contributed by atoms with Gasteiger partial charge in [0.25, 0.3) is 0 Å². The molecule has 2 aliphatic heterocycles. The number of nitrogens with one attached hydrogen (secondary N) is 1. The van der Waals surface area contributed by atoms with E-state index < -0.39 is 17.6 Å². The average Bonchev–Trinajstić information content (AvgIpc) is 3.14. The maximum absolute atomic E-state index is 14.2. The monoisotopic (exact) mass is 483 g/mol. The van der Waals surface area contributed by atoms with Crippen molar-refractivity contribution >= 4 is 12.3 Å². The minimum atomic E-state index is -0.734. The van der Waals surface area contributed by atoms with Crippen LogP contribution in [0.1, 0.15) is 70.9 Å². The number of carbonyl (C=O) groups is 1. The molecule has 9 heteroatoms. The lowest BCUT2D eigenvalue weighted by Crippen LogP contribution is -2.45. The number of hydrazone groups is 1. The number of allylic oxidation sites excluding steroid dienone is 2. The van der Waals surface area contributed by atoms with Crippen LogP contribution in [0.3, 0.4) is 0 Å². The number of esters is 1. The van der Waals surface area contributed by atoms with Gasteiger partial charge < -0.3 is 10.1 Å². The van der Waals surface area contributed by atoms with Gasteiger partial charge in [-0.1, -0.05) is 0 Å². The Labute approximate surface area is 204 Å². The second-order valence-electron chi connectivity index (χ2n) is 10.5. The summed E-state index contributed by atoms with van der Waals surface area (Å²) in [4.78, 5) is 19.5. The average molecular weight is 484 g/mol. The number of nitrogens with zero attached hydrogens (tertiary/aromatic N) is 4. The number of hydrogen-bond acceptors (Lipinski definition) is 7. The summed E-state index contributed by atoms with van der Waals surface area (Å²) in [6.07, 6.45) is 10.4. The molecule has 7 nitrogen and oxygen atoms in total. The van der Waals surface area contributed by atoms with Gasteiger partial charge in [0, 0.05) is 30.4 Å². The third-order valence-corrected chi connectivity index (χ3v) is 6.89. The Morgan fingerprint density at radius 3 is 2.66 bits per heavy atom. The van der Waals surface area contributed by atoms with Crippen LogP contribution in [0.5, 0.6) is 0 Å². The number of carbonyl (C=O) groups excluding carboxylic acids is 1. The minimum absolute atomic E-state index is 0.0768. The highest BCUT2D eigenvalue weighted by atomic mass is 19.1. The minimum Gasteiger partial charge on any atom is -0.458 e. The quantitative estimate of drug-likeness (QED) is 0.622. The van der Waals surface area contributed by atoms with Crippen LogP contribution in [0.15, 0.2) is 58.6 Å². The number of aromatic nitrogens is 1. The topological polar surface area (TPSA) is 70.1 Å². The number of ether oxygens (including phenoxy) is 1. The maximum atomic E-state index is 14.2. The molecule has 1 aromatic rings. The standard InChI is InChI=1S/C26H31F2N5O2/c1-26(2,3)35-25(34)24-19-11-8-17(27)13-21(19)30-14-22-32(24)15-31-33(22)18-9-6-16(7-10-18)23-20(28)5-4-12-29-23/h4-5,12-16,18,24,30H,6-11H2,1-3H3/t16-,18-,24?. The normalized spacial score (nSPS) is 26.4. The zero-order valence-corrected chi connectivity index (χ0v) is 20.3. The number of pyridine rings is 1. The van der Waals surface area contributed by atoms with Crippen LogP contribution in [-0.4, -0.2) is 44.9 Å². The highest BCUT2D eigenvalue weighted by Gasteiger charge is 2.43. The van der Waals surface area contributed by atoms with Gasteiger partial charge in [0.15, 0.2) is 6.04 Å². The smallest absolute Gasteiger partial charge is 0.334 e. The van der Waals surface area contributed by atoms with E-state index >= 15 is 0 Å². The Balaban J connectivity index is 1.38. The summed E-state index contributed by atoms with van der Waals surface area (Å²) in [5.41, 5.74) is 1.25. The zero-order chi connectivity index (χ0) is 24.7. The van der Waals surface area contributed by atoms with E-state index in [2.05, 4.69) is 15.4 Å². The van der Waals surface area contributed by atoms with Gasteiger partial charge >= 0.3 is 5.97 Å². The van der Waals surface area contributed by atoms with E-state index in [4.69, 9.17) is 4.74 Å². The van der Waals surface area contributed by atoms with E-state index in [0.29, 0.717) is 17.8 Å². The summed E-state index contributed by atoms with van der Waals surface area (Å²) in [7, 11) is 0. The van der Waals surface area contributed by atoms with E-state index in [1.54, 1.807) is 24.8 Å². The van der Waals surface area contributed by atoms with Gasteiger partial charge in [-0.05, 0) is 76.7 Å². The molecule has 0 aromatic carbocycles. The Hall–Kier alpha value is -3.23. The van der Waals surface area contributed by atoms with Gasteiger partial charge in [0.2, 0.25) is 0 Å². The van der Waals surface area contributed by atoms with Crippen LogP contribution in [0.2, 0.25) is 0 Å². The molecule has 35 heavy (non-hydrogen) atoms. The highest BCUT2D eigenvalue weighted by Crippen LogP contribution is 2.40. The van der Waals surface area contributed by atoms with Crippen molar-refractivity contribution in [2.24, 2.45) is 5.10 Å². The number of hydrogen-bond donors (Lipinski definition) is 1. The van der Waals surface area contributed by atoms with E-state index in [1.165, 1.54) is 12.1 Å². The molecule has 0 amide bonds. The van der Waals surface area contributed by atoms with Crippen molar-refractivity contribution < 1.29 is 18.3 Å². The van der Waals surface area contributed by atoms with Crippen molar-refractivity contribution in [1.29, 1.82) is 0 Å². The van der Waals surface area contributed by atoms with Crippen LogP contribution in [0.4, 0.5) is 8.78 Å². The molecule has 0 bridgehead atoms. The van der Waals surface area contributed by atoms with E-state index in [0.717, 1.165) is 37.1 Å². The van der Waals surface area contributed by atoms with Gasteiger partial charge in [-0.25, -0.2) is 18.6 Å². The molecule has 1 N–H and O–H groups in total. The predicted octanol–water partition coefficient (Wildman–Crippen LogP) is 4.82. The lowest BCUT2D eigenvalue weighted by molar-refractivity contribution is -0.158. The van der Waals surface area contributed by atoms with Crippen LogP contribution >= 0.6 is 0 Å². The fraction of sp³-hybridized carbons (Fsp3) is 0.500. The first-order chi connectivity index (χ1) is 16.7. The zero-order valence-electron chi connectivity index (χ0n) is 20.3. The Morgan fingerprint density at radius 1 is 1.17 bits per heavy atom. The molecule has 0 saturated heterocycles. The second kappa shape index (κ2) is 9.09. The Bertz CT molecular complexity index is 1130. The van der Waals surface area contributed by atoms with Crippen molar-refractivity contribution in [1.82, 2.24) is 20.2 Å². The largest absolute Gasteiger partial charge is 0.458 e. The molecule has 5 rings (SSSR count). The van der Waals surface area contributed by atoms with Crippen LogP contribution < -0.4 is 5.32 Å². The third kappa shape index (κ3) is 4.68. The van der Waals surface area contributed by atoms with Gasteiger partial charge in [-0.3, -0.25) is 9.88 Å². The summed E-state index contributed by atoms with van der Waals surface area (Å²) in [5.74, 6) is -0.0677. The van der Waals surface area contributed by atoms with E-state index in [-0.39, 0.29) is 30.0 Å². The van der Waals surface area contributed by atoms with E-state index in [9.17, 15) is 13.6 Å². The lowest BCUT2D eigenvalue weighted by atomic mass is 9.83. The number of fused-ring (bicyclic) bond motifs is 1. The summed E-state index contributed by atoms with van der Waals surface area (Å²) >= 11 is 0. The molecule has 1 saturated carbocycles. The molecule has 1 fully saturated rings. The molecule has 0 spiro atoms. The molecule has 3 heterocycles. The van der Waals surface area contributed by atoms with E-state index in [1.807, 2.05) is 30.7 Å². The summed E-state index contributed by atoms with van der Waals surface area (Å²) in [6, 6.07) is 2.43. The fourth-order valence-electron chi connectivity index (χ4n) is 5.31. The first-order valence-corrected chi connectivity index (χ1v) is 12.2. The molecular weight excluding hydrogens is 452 g/mol. The SMILES string of the molecule is CC(C)(C)OC(=O)C1C2=C(C=C(F)CC2)NC=C2N1C=NN2[C@H]1CC[C@H](c2ncccc2F)CC1. The summed E-state index contributed by atoms with van der Waals surface area (Å²) in [5, 5.41) is 9.80. The molecule has 186 valence electrons. The predicted molar refractivity (Wildman–Crippen MR) is 128 cm³/mol. The lowest BCUT2D eigenvalue weighted by Gasteiger charge is -2.36. The second-order valence-corrected chi connectivity index (χ2v) is 10.5. The molecule has 1 unspecified atom stereocenters. The van der Waals surface area contributed by atoms with Crippen LogP contribution in [-0.2, 0) is 9.53 Å². The molecule has 1 atom stereocenters. The summed E-state index contributed by atoms with van der Waals surface area (Å²) in [6.45, 7) is 5.50. The first kappa shape index (κ1) is 23.5. The van der Waals surface area contributed by atoms with Gasteiger partial charge in [0.05, 0.1) is 11.7 Å². The Kier molecular flexibility index (Phi) is 6.11. The van der Waals surface area contributed by atoms with Crippen LogP contribution in [0, 0.1) is 5.82 Å². The van der Waals surface area contributed by atoms with Gasteiger partial charge in [-0.2, -0.15) is 5.10 Å². The van der Waals surface area contributed by atoms with Crippen molar-refractivity contribution in [2.45, 2.75) is 82.9 Å². The maximum Gasteiger partial charge on any atom is 0.334 e. The van der Waals surface area contributed by atoms with Gasteiger partial charge in [-0.15, -0.1) is 0 Å². The number of rotatable bonds is 3.